The number of nitrogens with one attached hydrogen (secondary N) is 1. The summed E-state index contributed by atoms with van der Waals surface area (Å²) >= 11 is 1.77. The number of aryl methyl sites for hydroxylation is 2. The van der Waals surface area contributed by atoms with E-state index in [1.54, 1.807) is 17.4 Å². The molecule has 3 rings (SSSR count). The van der Waals surface area contributed by atoms with Crippen molar-refractivity contribution in [1.29, 1.82) is 0 Å². The second kappa shape index (κ2) is 7.52. The highest BCUT2D eigenvalue weighted by Gasteiger charge is 2.15. The molecule has 2 aromatic heterocycles. The second-order valence-electron chi connectivity index (χ2n) is 6.60. The number of hydrogen-bond acceptors (Lipinski definition) is 5. The summed E-state index contributed by atoms with van der Waals surface area (Å²) in [7, 11) is 4.18. The Bertz CT molecular complexity index is 913. The number of fused-ring (bicyclic) bond motifs is 1. The first-order valence-corrected chi connectivity index (χ1v) is 9.29. The van der Waals surface area contributed by atoms with E-state index >= 15 is 0 Å². The zero-order valence-electron chi connectivity index (χ0n) is 15.1. The van der Waals surface area contributed by atoms with Gasteiger partial charge >= 0.3 is 5.63 Å². The van der Waals surface area contributed by atoms with Crippen LogP contribution in [0.25, 0.3) is 11.0 Å². The van der Waals surface area contributed by atoms with Crippen molar-refractivity contribution in [3.8, 4) is 0 Å². The molecule has 1 N–H and O–H groups in total. The molecule has 2 heterocycles. The molecular formula is C20H24N2O2S. The van der Waals surface area contributed by atoms with Crippen LogP contribution in [0.15, 0.2) is 44.9 Å². The number of benzene rings is 1. The van der Waals surface area contributed by atoms with Crippen LogP contribution in [0.2, 0.25) is 0 Å². The molecule has 0 radical (unpaired) electrons. The van der Waals surface area contributed by atoms with E-state index in [1.165, 1.54) is 4.88 Å². The van der Waals surface area contributed by atoms with Gasteiger partial charge in [-0.2, -0.15) is 0 Å². The summed E-state index contributed by atoms with van der Waals surface area (Å²) in [6, 6.07) is 10.3. The lowest BCUT2D eigenvalue weighted by molar-refractivity contribution is 0.292. The molecule has 0 aliphatic rings. The highest BCUT2D eigenvalue weighted by atomic mass is 32.1. The zero-order valence-corrected chi connectivity index (χ0v) is 15.9. The van der Waals surface area contributed by atoms with Gasteiger partial charge in [0.15, 0.2) is 0 Å². The molecule has 0 unspecified atom stereocenters. The fraction of sp³-hybridized carbons (Fsp3) is 0.350. The average molecular weight is 356 g/mol. The van der Waals surface area contributed by atoms with Gasteiger partial charge in [-0.25, -0.2) is 4.79 Å². The Morgan fingerprint density at radius 2 is 2.04 bits per heavy atom. The summed E-state index contributed by atoms with van der Waals surface area (Å²) in [5.41, 5.74) is 3.55. The van der Waals surface area contributed by atoms with Gasteiger partial charge in [-0.1, -0.05) is 18.2 Å². The Morgan fingerprint density at radius 1 is 1.24 bits per heavy atom. The highest BCUT2D eigenvalue weighted by Crippen LogP contribution is 2.24. The Labute approximate surface area is 152 Å². The van der Waals surface area contributed by atoms with E-state index in [9.17, 15) is 4.79 Å². The molecule has 1 aromatic carbocycles. The van der Waals surface area contributed by atoms with Gasteiger partial charge in [0.05, 0.1) is 6.04 Å². The molecule has 3 aromatic rings. The minimum absolute atomic E-state index is 0.291. The fourth-order valence-electron chi connectivity index (χ4n) is 3.03. The quantitative estimate of drug-likeness (QED) is 0.681. The number of hydrogen-bond donors (Lipinski definition) is 1. The zero-order chi connectivity index (χ0) is 18.0. The van der Waals surface area contributed by atoms with Crippen molar-refractivity contribution in [3.63, 3.8) is 0 Å². The van der Waals surface area contributed by atoms with Gasteiger partial charge in [0.25, 0.3) is 0 Å². The molecule has 0 fully saturated rings. The SMILES string of the molecule is Cc1ccc2c(CNC[C@H](c3cccs3)N(C)C)cc(=O)oc2c1C. The van der Waals surface area contributed by atoms with E-state index in [-0.39, 0.29) is 5.63 Å². The largest absolute Gasteiger partial charge is 0.422 e. The van der Waals surface area contributed by atoms with E-state index in [2.05, 4.69) is 47.9 Å². The topological polar surface area (TPSA) is 45.5 Å². The maximum absolute atomic E-state index is 12.0. The Balaban J connectivity index is 1.81. The van der Waals surface area contributed by atoms with Crippen LogP contribution in [0.1, 0.15) is 27.6 Å². The van der Waals surface area contributed by atoms with Crippen LogP contribution in [0.3, 0.4) is 0 Å². The lowest BCUT2D eigenvalue weighted by Crippen LogP contribution is -2.30. The van der Waals surface area contributed by atoms with E-state index in [0.29, 0.717) is 18.2 Å². The molecule has 0 saturated heterocycles. The molecule has 132 valence electrons. The van der Waals surface area contributed by atoms with Crippen LogP contribution in [-0.4, -0.2) is 25.5 Å². The number of thiophene rings is 1. The average Bonchev–Trinajstić information content (AvgIpc) is 3.09. The van der Waals surface area contributed by atoms with E-state index in [1.807, 2.05) is 19.9 Å². The third-order valence-corrected chi connectivity index (χ3v) is 5.64. The van der Waals surface area contributed by atoms with Gasteiger partial charge in [0.1, 0.15) is 5.58 Å². The molecule has 0 aliphatic heterocycles. The van der Waals surface area contributed by atoms with Gasteiger partial charge in [-0.15, -0.1) is 11.3 Å². The van der Waals surface area contributed by atoms with Gasteiger partial charge < -0.3 is 14.6 Å². The predicted molar refractivity (Wildman–Crippen MR) is 104 cm³/mol. The minimum atomic E-state index is -0.291. The maximum Gasteiger partial charge on any atom is 0.336 e. The summed E-state index contributed by atoms with van der Waals surface area (Å²) in [4.78, 5) is 15.5. The fourth-order valence-corrected chi connectivity index (χ4v) is 3.96. The third kappa shape index (κ3) is 3.84. The van der Waals surface area contributed by atoms with Crippen molar-refractivity contribution < 1.29 is 4.42 Å². The van der Waals surface area contributed by atoms with Crippen molar-refractivity contribution in [2.24, 2.45) is 0 Å². The van der Waals surface area contributed by atoms with Crippen molar-refractivity contribution >= 4 is 22.3 Å². The molecule has 1 atom stereocenters. The number of rotatable bonds is 6. The van der Waals surface area contributed by atoms with Crippen molar-refractivity contribution in [1.82, 2.24) is 10.2 Å². The monoisotopic (exact) mass is 356 g/mol. The second-order valence-corrected chi connectivity index (χ2v) is 7.58. The molecule has 5 heteroatoms. The summed E-state index contributed by atoms with van der Waals surface area (Å²) in [6.07, 6.45) is 0. The molecule has 0 bridgehead atoms. The Hall–Kier alpha value is -1.95. The lowest BCUT2D eigenvalue weighted by atomic mass is 10.0. The molecular weight excluding hydrogens is 332 g/mol. The first kappa shape index (κ1) is 17.9. The molecule has 4 nitrogen and oxygen atoms in total. The normalized spacial score (nSPS) is 12.8. The van der Waals surface area contributed by atoms with Crippen LogP contribution in [-0.2, 0) is 6.54 Å². The number of nitrogens with zero attached hydrogens (tertiary/aromatic N) is 1. The van der Waals surface area contributed by atoms with Crippen molar-refractivity contribution in [2.45, 2.75) is 26.4 Å². The van der Waals surface area contributed by atoms with Crippen LogP contribution in [0.5, 0.6) is 0 Å². The minimum Gasteiger partial charge on any atom is -0.422 e. The maximum atomic E-state index is 12.0. The van der Waals surface area contributed by atoms with E-state index in [0.717, 1.165) is 28.6 Å². The van der Waals surface area contributed by atoms with Gasteiger partial charge in [-0.3, -0.25) is 0 Å². The first-order valence-electron chi connectivity index (χ1n) is 8.41. The third-order valence-electron chi connectivity index (χ3n) is 4.67. The Morgan fingerprint density at radius 3 is 2.72 bits per heavy atom. The number of likely N-dealkylation sites (N-methyl/N-ethyl adjacent to an activating group) is 1. The highest BCUT2D eigenvalue weighted by molar-refractivity contribution is 7.10. The summed E-state index contributed by atoms with van der Waals surface area (Å²) in [5, 5.41) is 6.62. The van der Waals surface area contributed by atoms with E-state index < -0.39 is 0 Å². The van der Waals surface area contributed by atoms with Crippen molar-refractivity contribution in [3.05, 3.63) is 67.7 Å². The van der Waals surface area contributed by atoms with Crippen molar-refractivity contribution in [2.75, 3.05) is 20.6 Å². The van der Waals surface area contributed by atoms with Gasteiger partial charge in [0.2, 0.25) is 0 Å². The summed E-state index contributed by atoms with van der Waals surface area (Å²) < 4.78 is 5.45. The Kier molecular flexibility index (Phi) is 5.37. The summed E-state index contributed by atoms with van der Waals surface area (Å²) in [5.74, 6) is 0. The molecule has 0 aliphatic carbocycles. The molecule has 0 saturated carbocycles. The van der Waals surface area contributed by atoms with E-state index in [4.69, 9.17) is 4.42 Å². The smallest absolute Gasteiger partial charge is 0.336 e. The summed E-state index contributed by atoms with van der Waals surface area (Å²) in [6.45, 7) is 5.49. The molecule has 25 heavy (non-hydrogen) atoms. The molecule has 0 amide bonds. The van der Waals surface area contributed by atoms with Gasteiger partial charge in [0, 0.05) is 29.4 Å². The van der Waals surface area contributed by atoms with Crippen LogP contribution >= 0.6 is 11.3 Å². The lowest BCUT2D eigenvalue weighted by Gasteiger charge is -2.23. The van der Waals surface area contributed by atoms with Crippen LogP contribution in [0.4, 0.5) is 0 Å². The predicted octanol–water partition coefficient (Wildman–Crippen LogP) is 3.86. The van der Waals surface area contributed by atoms with Crippen LogP contribution in [0, 0.1) is 13.8 Å². The van der Waals surface area contributed by atoms with Gasteiger partial charge in [-0.05, 0) is 56.1 Å². The van der Waals surface area contributed by atoms with Crippen LogP contribution < -0.4 is 10.9 Å². The standard InChI is InChI=1S/C20H24N2O2S/c1-13-7-8-16-15(10-19(23)24-20(16)14(13)2)11-21-12-17(22(3)4)18-6-5-9-25-18/h5-10,17,21H,11-12H2,1-4H3/t17-/m1/s1. The first-order chi connectivity index (χ1) is 12.0. The molecule has 0 spiro atoms.